The minimum absolute atomic E-state index is 0.0622. The monoisotopic (exact) mass is 357 g/mol. The van der Waals surface area contributed by atoms with Crippen LogP contribution in [0.4, 0.5) is 0 Å². The van der Waals surface area contributed by atoms with Crippen molar-refractivity contribution in [2.24, 2.45) is 16.7 Å². The number of aryl methyl sites for hydroxylation is 3. The predicted octanol–water partition coefficient (Wildman–Crippen LogP) is 4.56. The second-order valence-corrected chi connectivity index (χ2v) is 9.73. The largest absolute Gasteiger partial charge is 0.348 e. The molecule has 2 aliphatic carbocycles. The minimum Gasteiger partial charge on any atom is -0.348 e. The van der Waals surface area contributed by atoms with E-state index >= 15 is 0 Å². The van der Waals surface area contributed by atoms with Crippen LogP contribution in [-0.4, -0.2) is 21.9 Å². The molecule has 2 saturated carbocycles. The maximum Gasteiger partial charge on any atom is 0.261 e. The van der Waals surface area contributed by atoms with Crippen molar-refractivity contribution in [3.8, 4) is 0 Å². The lowest BCUT2D eigenvalue weighted by molar-refractivity contribution is 0.0829. The van der Waals surface area contributed by atoms with Crippen LogP contribution in [0.1, 0.15) is 66.8 Å². The van der Waals surface area contributed by atoms with Gasteiger partial charge >= 0.3 is 0 Å². The molecule has 2 bridgehead atoms. The molecular formula is C20H27N3OS. The molecule has 1 amide bonds. The average molecular weight is 358 g/mol. The molecule has 0 saturated heterocycles. The normalized spacial score (nSPS) is 30.2. The summed E-state index contributed by atoms with van der Waals surface area (Å²) in [6.07, 6.45) is 3.62. The van der Waals surface area contributed by atoms with Gasteiger partial charge in [-0.25, -0.2) is 9.97 Å². The summed E-state index contributed by atoms with van der Waals surface area (Å²) in [6.45, 7) is 13.0. The molecule has 2 aromatic heterocycles. The Morgan fingerprint density at radius 1 is 1.20 bits per heavy atom. The smallest absolute Gasteiger partial charge is 0.261 e. The maximum atomic E-state index is 13.1. The highest BCUT2D eigenvalue weighted by atomic mass is 32.1. The SMILES string of the molecule is Cc1nc(C)c2c(C)c(C(=O)N[C@@H]3C[C@H]4CC[C@@]3(C)C4(C)C)sc2n1. The summed E-state index contributed by atoms with van der Waals surface area (Å²) in [5.74, 6) is 1.55. The van der Waals surface area contributed by atoms with Crippen LogP contribution in [-0.2, 0) is 0 Å². The van der Waals surface area contributed by atoms with Gasteiger partial charge in [0.25, 0.3) is 5.91 Å². The fraction of sp³-hybridized carbons (Fsp3) is 0.650. The summed E-state index contributed by atoms with van der Waals surface area (Å²) >= 11 is 1.50. The van der Waals surface area contributed by atoms with Crippen LogP contribution < -0.4 is 5.32 Å². The number of amides is 1. The van der Waals surface area contributed by atoms with E-state index < -0.39 is 0 Å². The third-order valence-electron chi connectivity index (χ3n) is 7.39. The molecule has 25 heavy (non-hydrogen) atoms. The summed E-state index contributed by atoms with van der Waals surface area (Å²) in [5, 5.41) is 4.42. The van der Waals surface area contributed by atoms with Gasteiger partial charge in [0.2, 0.25) is 0 Å². The first-order valence-corrected chi connectivity index (χ1v) is 10.0. The van der Waals surface area contributed by atoms with E-state index in [4.69, 9.17) is 0 Å². The number of rotatable bonds is 2. The van der Waals surface area contributed by atoms with Crippen molar-refractivity contribution < 1.29 is 4.79 Å². The standard InChI is InChI=1S/C20H27N3OS/c1-10-15-11(2)21-12(3)22-18(15)25-16(10)17(24)23-14-9-13-7-8-20(14,6)19(13,4)5/h13-14H,7-9H2,1-6H3,(H,23,24)/t13-,14-,20-/m1/s1. The Morgan fingerprint density at radius 3 is 2.52 bits per heavy atom. The Balaban J connectivity index is 1.66. The van der Waals surface area contributed by atoms with Gasteiger partial charge in [-0.3, -0.25) is 4.79 Å². The van der Waals surface area contributed by atoms with Gasteiger partial charge in [-0.05, 0) is 62.3 Å². The Hall–Kier alpha value is -1.49. The van der Waals surface area contributed by atoms with Gasteiger partial charge in [0.15, 0.2) is 0 Å². The Bertz CT molecular complexity index is 885. The lowest BCUT2D eigenvalue weighted by atomic mass is 9.69. The highest BCUT2D eigenvalue weighted by molar-refractivity contribution is 7.20. The van der Waals surface area contributed by atoms with E-state index in [1.807, 2.05) is 20.8 Å². The molecule has 2 fully saturated rings. The van der Waals surface area contributed by atoms with E-state index in [9.17, 15) is 4.79 Å². The summed E-state index contributed by atoms with van der Waals surface area (Å²) in [6, 6.07) is 0.271. The first kappa shape index (κ1) is 17.0. The number of nitrogens with one attached hydrogen (secondary N) is 1. The van der Waals surface area contributed by atoms with E-state index in [2.05, 4.69) is 36.1 Å². The van der Waals surface area contributed by atoms with Crippen LogP contribution in [0.3, 0.4) is 0 Å². The Labute approximate surface area is 153 Å². The molecule has 4 nitrogen and oxygen atoms in total. The summed E-state index contributed by atoms with van der Waals surface area (Å²) in [5.41, 5.74) is 2.48. The first-order chi connectivity index (χ1) is 11.6. The molecule has 4 rings (SSSR count). The molecule has 1 N–H and O–H groups in total. The minimum atomic E-state index is 0.0622. The maximum absolute atomic E-state index is 13.1. The fourth-order valence-electron chi connectivity index (χ4n) is 5.34. The van der Waals surface area contributed by atoms with Crippen molar-refractivity contribution in [3.05, 3.63) is 22.0 Å². The average Bonchev–Trinajstić information content (AvgIpc) is 3.02. The molecule has 2 aromatic rings. The van der Waals surface area contributed by atoms with Gasteiger partial charge < -0.3 is 5.32 Å². The third kappa shape index (κ3) is 2.21. The van der Waals surface area contributed by atoms with Gasteiger partial charge in [0.05, 0.1) is 4.88 Å². The highest BCUT2D eigenvalue weighted by Crippen LogP contribution is 2.65. The van der Waals surface area contributed by atoms with Crippen LogP contribution in [0.5, 0.6) is 0 Å². The van der Waals surface area contributed by atoms with Crippen molar-refractivity contribution in [2.45, 2.75) is 66.8 Å². The van der Waals surface area contributed by atoms with Crippen LogP contribution in [0.2, 0.25) is 0 Å². The molecule has 0 radical (unpaired) electrons. The zero-order valence-electron chi connectivity index (χ0n) is 16.0. The lowest BCUT2D eigenvalue weighted by Crippen LogP contribution is -2.46. The van der Waals surface area contributed by atoms with Gasteiger partial charge in [0.1, 0.15) is 10.7 Å². The van der Waals surface area contributed by atoms with E-state index in [0.29, 0.717) is 5.41 Å². The summed E-state index contributed by atoms with van der Waals surface area (Å²) in [4.78, 5) is 23.8. The van der Waals surface area contributed by atoms with Crippen molar-refractivity contribution in [1.29, 1.82) is 0 Å². The van der Waals surface area contributed by atoms with Gasteiger partial charge in [-0.2, -0.15) is 0 Å². The second kappa shape index (κ2) is 5.26. The molecule has 2 aliphatic rings. The summed E-state index contributed by atoms with van der Waals surface area (Å²) in [7, 11) is 0. The quantitative estimate of drug-likeness (QED) is 0.857. The molecule has 0 aliphatic heterocycles. The molecule has 0 unspecified atom stereocenters. The number of fused-ring (bicyclic) bond motifs is 3. The van der Waals surface area contributed by atoms with Crippen LogP contribution in [0.15, 0.2) is 0 Å². The number of carbonyl (C=O) groups excluding carboxylic acids is 1. The van der Waals surface area contributed by atoms with Crippen molar-refractivity contribution in [3.63, 3.8) is 0 Å². The molecule has 5 heteroatoms. The first-order valence-electron chi connectivity index (χ1n) is 9.20. The molecule has 2 heterocycles. The van der Waals surface area contributed by atoms with Gasteiger partial charge in [-0.15, -0.1) is 11.3 Å². The molecule has 0 aromatic carbocycles. The number of thiophene rings is 1. The van der Waals surface area contributed by atoms with Gasteiger partial charge in [0, 0.05) is 17.1 Å². The topological polar surface area (TPSA) is 54.9 Å². The van der Waals surface area contributed by atoms with Crippen LogP contribution in [0, 0.1) is 37.5 Å². The van der Waals surface area contributed by atoms with Crippen LogP contribution >= 0.6 is 11.3 Å². The van der Waals surface area contributed by atoms with E-state index in [-0.39, 0.29) is 17.4 Å². The van der Waals surface area contributed by atoms with Gasteiger partial charge in [-0.1, -0.05) is 20.8 Å². The highest BCUT2D eigenvalue weighted by Gasteiger charge is 2.61. The number of carbonyl (C=O) groups is 1. The third-order valence-corrected chi connectivity index (χ3v) is 8.57. The summed E-state index contributed by atoms with van der Waals surface area (Å²) < 4.78 is 0. The number of nitrogens with zero attached hydrogens (tertiary/aromatic N) is 2. The molecule has 0 spiro atoms. The number of hydrogen-bond acceptors (Lipinski definition) is 4. The van der Waals surface area contributed by atoms with Crippen molar-refractivity contribution in [2.75, 3.05) is 0 Å². The Morgan fingerprint density at radius 2 is 1.92 bits per heavy atom. The van der Waals surface area contributed by atoms with Crippen molar-refractivity contribution >= 4 is 27.5 Å². The number of hydrogen-bond donors (Lipinski definition) is 1. The second-order valence-electron chi connectivity index (χ2n) is 8.73. The predicted molar refractivity (Wildman–Crippen MR) is 102 cm³/mol. The molecular weight excluding hydrogens is 330 g/mol. The zero-order valence-corrected chi connectivity index (χ0v) is 16.8. The molecule has 134 valence electrons. The van der Waals surface area contributed by atoms with Crippen molar-refractivity contribution in [1.82, 2.24) is 15.3 Å². The fourth-order valence-corrected chi connectivity index (χ4v) is 6.52. The van der Waals surface area contributed by atoms with E-state index in [0.717, 1.165) is 44.5 Å². The lowest BCUT2D eigenvalue weighted by Gasteiger charge is -2.39. The van der Waals surface area contributed by atoms with E-state index in [1.165, 1.54) is 24.2 Å². The van der Waals surface area contributed by atoms with Crippen LogP contribution in [0.25, 0.3) is 10.2 Å². The Kier molecular flexibility index (Phi) is 3.56. The van der Waals surface area contributed by atoms with E-state index in [1.54, 1.807) is 0 Å². The molecule has 3 atom stereocenters. The zero-order chi connectivity index (χ0) is 18.1. The number of aromatic nitrogens is 2.